The van der Waals surface area contributed by atoms with Crippen molar-refractivity contribution in [3.05, 3.63) is 11.4 Å². The molecule has 1 aromatic rings. The molecule has 1 atom stereocenters. The van der Waals surface area contributed by atoms with Gasteiger partial charge < -0.3 is 14.5 Å². The average molecular weight is 322 g/mol. The number of piperidine rings is 1. The lowest BCUT2D eigenvalue weighted by Gasteiger charge is -2.36. The summed E-state index contributed by atoms with van der Waals surface area (Å²) < 4.78 is 9.92. The maximum atomic E-state index is 12.6. The van der Waals surface area contributed by atoms with Gasteiger partial charge in [-0.25, -0.2) is 4.63 Å². The van der Waals surface area contributed by atoms with E-state index in [1.54, 1.807) is 11.8 Å². The summed E-state index contributed by atoms with van der Waals surface area (Å²) in [5, 5.41) is 7.45. The van der Waals surface area contributed by atoms with Crippen LogP contribution in [0.2, 0.25) is 0 Å². The third kappa shape index (κ3) is 3.69. The van der Waals surface area contributed by atoms with Crippen LogP contribution in [-0.2, 0) is 20.7 Å². The molecule has 0 aliphatic carbocycles. The molecule has 0 spiro atoms. The molecule has 0 N–H and O–H groups in total. The van der Waals surface area contributed by atoms with Crippen LogP contribution in [0.5, 0.6) is 0 Å². The molecule has 2 aliphatic rings. The molecule has 8 nitrogen and oxygen atoms in total. The fourth-order valence-corrected chi connectivity index (χ4v) is 3.11. The third-order valence-electron chi connectivity index (χ3n) is 4.51. The molecule has 2 amide bonds. The molecule has 0 unspecified atom stereocenters. The zero-order valence-electron chi connectivity index (χ0n) is 13.4. The monoisotopic (exact) mass is 322 g/mol. The maximum absolute atomic E-state index is 12.6. The summed E-state index contributed by atoms with van der Waals surface area (Å²) in [6.45, 7) is 5.43. The highest BCUT2D eigenvalue weighted by atomic mass is 16.6. The van der Waals surface area contributed by atoms with Crippen molar-refractivity contribution in [3.8, 4) is 0 Å². The Morgan fingerprint density at radius 1 is 1.17 bits per heavy atom. The van der Waals surface area contributed by atoms with Crippen molar-refractivity contribution in [1.82, 2.24) is 20.1 Å². The van der Waals surface area contributed by atoms with Crippen LogP contribution < -0.4 is 0 Å². The summed E-state index contributed by atoms with van der Waals surface area (Å²) in [4.78, 5) is 28.6. The number of likely N-dealkylation sites (tertiary alicyclic amines) is 1. The first-order valence-corrected chi connectivity index (χ1v) is 8.07. The van der Waals surface area contributed by atoms with E-state index >= 15 is 0 Å². The van der Waals surface area contributed by atoms with Gasteiger partial charge in [0.1, 0.15) is 11.4 Å². The minimum atomic E-state index is -0.109. The Bertz CT molecular complexity index is 568. The molecule has 2 fully saturated rings. The molecule has 3 heterocycles. The van der Waals surface area contributed by atoms with E-state index in [0.29, 0.717) is 50.8 Å². The third-order valence-corrected chi connectivity index (χ3v) is 4.51. The summed E-state index contributed by atoms with van der Waals surface area (Å²) in [5.74, 6) is 0.00990. The molecule has 1 aromatic heterocycles. The highest BCUT2D eigenvalue weighted by Gasteiger charge is 2.32. The second-order valence-electron chi connectivity index (χ2n) is 6.09. The standard InChI is InChI=1S/C15H22N4O4/c1-11-13(17-23-16-11)9-14(20)19-4-2-3-12(10-19)15(21)18-5-7-22-8-6-18/h12H,2-10H2,1H3/t12-/m0/s1. The summed E-state index contributed by atoms with van der Waals surface area (Å²) in [7, 11) is 0. The van der Waals surface area contributed by atoms with Crippen molar-refractivity contribution in [2.45, 2.75) is 26.2 Å². The van der Waals surface area contributed by atoms with Gasteiger partial charge in [0.05, 0.1) is 25.6 Å². The highest BCUT2D eigenvalue weighted by Crippen LogP contribution is 2.20. The number of carbonyl (C=O) groups is 2. The van der Waals surface area contributed by atoms with E-state index in [-0.39, 0.29) is 24.2 Å². The lowest BCUT2D eigenvalue weighted by molar-refractivity contribution is -0.143. The number of aromatic nitrogens is 2. The first-order valence-electron chi connectivity index (χ1n) is 8.07. The first kappa shape index (κ1) is 15.9. The van der Waals surface area contributed by atoms with Crippen molar-refractivity contribution >= 4 is 11.8 Å². The Balaban J connectivity index is 1.58. The Labute approximate surface area is 134 Å². The van der Waals surface area contributed by atoms with Crippen molar-refractivity contribution in [3.63, 3.8) is 0 Å². The molecule has 8 heteroatoms. The second kappa shape index (κ2) is 7.08. The van der Waals surface area contributed by atoms with E-state index in [2.05, 4.69) is 14.9 Å². The molecular weight excluding hydrogens is 300 g/mol. The smallest absolute Gasteiger partial charge is 0.228 e. The van der Waals surface area contributed by atoms with E-state index in [9.17, 15) is 9.59 Å². The lowest BCUT2D eigenvalue weighted by Crippen LogP contribution is -2.49. The van der Waals surface area contributed by atoms with Crippen LogP contribution >= 0.6 is 0 Å². The summed E-state index contributed by atoms with van der Waals surface area (Å²) in [6.07, 6.45) is 1.86. The Kier molecular flexibility index (Phi) is 4.90. The zero-order valence-corrected chi connectivity index (χ0v) is 13.4. The molecule has 0 aromatic carbocycles. The van der Waals surface area contributed by atoms with Crippen LogP contribution in [-0.4, -0.2) is 71.3 Å². The maximum Gasteiger partial charge on any atom is 0.228 e. The minimum absolute atomic E-state index is 0.0247. The molecule has 126 valence electrons. The van der Waals surface area contributed by atoms with Gasteiger partial charge in [0.2, 0.25) is 11.8 Å². The van der Waals surface area contributed by atoms with Crippen LogP contribution in [0.1, 0.15) is 24.2 Å². The number of aryl methyl sites for hydroxylation is 1. The van der Waals surface area contributed by atoms with Crippen molar-refractivity contribution in [2.24, 2.45) is 5.92 Å². The molecule has 0 bridgehead atoms. The zero-order chi connectivity index (χ0) is 16.2. The van der Waals surface area contributed by atoms with Gasteiger partial charge in [-0.05, 0) is 19.8 Å². The predicted molar refractivity (Wildman–Crippen MR) is 79.4 cm³/mol. The molecule has 3 rings (SSSR count). The minimum Gasteiger partial charge on any atom is -0.378 e. The predicted octanol–water partition coefficient (Wildman–Crippen LogP) is 0.0179. The van der Waals surface area contributed by atoms with Gasteiger partial charge in [-0.1, -0.05) is 10.3 Å². The van der Waals surface area contributed by atoms with E-state index in [0.717, 1.165) is 12.8 Å². The van der Waals surface area contributed by atoms with Gasteiger partial charge in [0.15, 0.2) is 0 Å². The number of ether oxygens (including phenoxy) is 1. The molecule has 2 saturated heterocycles. The van der Waals surface area contributed by atoms with Crippen molar-refractivity contribution < 1.29 is 19.0 Å². The lowest BCUT2D eigenvalue weighted by atomic mass is 9.96. The van der Waals surface area contributed by atoms with Crippen LogP contribution in [0.4, 0.5) is 0 Å². The molecule has 0 radical (unpaired) electrons. The Hall–Kier alpha value is -1.96. The normalized spacial score (nSPS) is 22.2. The summed E-state index contributed by atoms with van der Waals surface area (Å²) >= 11 is 0. The van der Waals surface area contributed by atoms with E-state index in [1.807, 2.05) is 4.90 Å². The second-order valence-corrected chi connectivity index (χ2v) is 6.09. The number of nitrogens with zero attached hydrogens (tertiary/aromatic N) is 4. The van der Waals surface area contributed by atoms with E-state index in [1.165, 1.54) is 0 Å². The average Bonchev–Trinajstić information content (AvgIpc) is 3.00. The van der Waals surface area contributed by atoms with Gasteiger partial charge in [-0.3, -0.25) is 9.59 Å². The Morgan fingerprint density at radius 2 is 1.96 bits per heavy atom. The number of hydrogen-bond acceptors (Lipinski definition) is 6. The number of carbonyl (C=O) groups excluding carboxylic acids is 2. The fraction of sp³-hybridized carbons (Fsp3) is 0.733. The van der Waals surface area contributed by atoms with Crippen molar-refractivity contribution in [2.75, 3.05) is 39.4 Å². The molecule has 0 saturated carbocycles. The number of amides is 2. The fourth-order valence-electron chi connectivity index (χ4n) is 3.11. The topological polar surface area (TPSA) is 88.8 Å². The first-order chi connectivity index (χ1) is 11.1. The number of rotatable bonds is 3. The van der Waals surface area contributed by atoms with Crippen LogP contribution in [0, 0.1) is 12.8 Å². The molecule has 2 aliphatic heterocycles. The van der Waals surface area contributed by atoms with Gasteiger partial charge in [-0.2, -0.15) is 0 Å². The quantitative estimate of drug-likeness (QED) is 0.779. The van der Waals surface area contributed by atoms with Gasteiger partial charge >= 0.3 is 0 Å². The SMILES string of the molecule is Cc1nonc1CC(=O)N1CCC[C@H](C(=O)N2CCOCC2)C1. The van der Waals surface area contributed by atoms with Gasteiger partial charge in [0.25, 0.3) is 0 Å². The molecular formula is C15H22N4O4. The summed E-state index contributed by atoms with van der Waals surface area (Å²) in [6, 6.07) is 0. The summed E-state index contributed by atoms with van der Waals surface area (Å²) in [5.41, 5.74) is 1.20. The molecule has 23 heavy (non-hydrogen) atoms. The van der Waals surface area contributed by atoms with Crippen LogP contribution in [0.3, 0.4) is 0 Å². The Morgan fingerprint density at radius 3 is 2.65 bits per heavy atom. The van der Waals surface area contributed by atoms with E-state index < -0.39 is 0 Å². The largest absolute Gasteiger partial charge is 0.378 e. The van der Waals surface area contributed by atoms with Gasteiger partial charge in [0, 0.05) is 26.2 Å². The highest BCUT2D eigenvalue weighted by molar-refractivity contribution is 5.82. The van der Waals surface area contributed by atoms with Crippen LogP contribution in [0.25, 0.3) is 0 Å². The van der Waals surface area contributed by atoms with Crippen molar-refractivity contribution in [1.29, 1.82) is 0 Å². The van der Waals surface area contributed by atoms with Crippen LogP contribution in [0.15, 0.2) is 4.63 Å². The number of morpholine rings is 1. The van der Waals surface area contributed by atoms with Gasteiger partial charge in [-0.15, -0.1) is 0 Å². The number of hydrogen-bond donors (Lipinski definition) is 0. The van der Waals surface area contributed by atoms with E-state index in [4.69, 9.17) is 4.74 Å².